The molecule has 10 rings (SSSR count). The molecule has 4 saturated heterocycles. The zero-order valence-electron chi connectivity index (χ0n) is 85.4. The molecule has 0 radical (unpaired) electrons. The predicted octanol–water partition coefficient (Wildman–Crippen LogP) is 13.5. The zero-order chi connectivity index (χ0) is 96.7. The maximum Gasteiger partial charge on any atom is 0.219 e. The second kappa shape index (κ2) is 76.1. The summed E-state index contributed by atoms with van der Waals surface area (Å²) >= 11 is 0. The van der Waals surface area contributed by atoms with Crippen LogP contribution in [0.15, 0.2) is 147 Å². The van der Waals surface area contributed by atoms with Crippen molar-refractivity contribution in [3.05, 3.63) is 181 Å². The van der Waals surface area contributed by atoms with Gasteiger partial charge in [0.15, 0.2) is 0 Å². The third kappa shape index (κ3) is 66.7. The molecule has 4 aliphatic rings. The van der Waals surface area contributed by atoms with Gasteiger partial charge in [0.25, 0.3) is 0 Å². The Balaban J connectivity index is 0. The maximum absolute atomic E-state index is 11.0. The van der Waals surface area contributed by atoms with Gasteiger partial charge >= 0.3 is 0 Å². The number of hydrogen-bond donors (Lipinski definition) is 1. The van der Waals surface area contributed by atoms with Crippen LogP contribution in [0, 0.1) is 0 Å². The highest BCUT2D eigenvalue weighted by Crippen LogP contribution is 2.16. The largest absolute Gasteiger partial charge is 0.379 e. The molecule has 0 saturated carbocycles. The second-order valence-corrected chi connectivity index (χ2v) is 34.9. The number of aromatic nitrogens is 6. The number of pyridine rings is 6. The van der Waals surface area contributed by atoms with Gasteiger partial charge in [-0.3, -0.25) is 73.4 Å². The number of nitrogens with one attached hydrogen (secondary N) is 1. The van der Waals surface area contributed by atoms with E-state index in [-0.39, 0.29) is 35.4 Å². The van der Waals surface area contributed by atoms with Gasteiger partial charge in [-0.15, -0.1) is 0 Å². The average Bonchev–Trinajstić information content (AvgIpc) is 0.900. The van der Waals surface area contributed by atoms with Crippen molar-refractivity contribution in [2.24, 2.45) is 0 Å². The molecule has 4 aliphatic heterocycles. The quantitative estimate of drug-likeness (QED) is 0.0530. The summed E-state index contributed by atoms with van der Waals surface area (Å²) in [4.78, 5) is 116. The first-order chi connectivity index (χ1) is 60.7. The van der Waals surface area contributed by atoms with E-state index < -0.39 is 0 Å². The first-order valence-corrected chi connectivity index (χ1v) is 46.6. The highest BCUT2D eigenvalue weighted by Gasteiger charge is 2.17. The van der Waals surface area contributed by atoms with Crippen molar-refractivity contribution in [3.8, 4) is 0 Å². The Morgan fingerprint density at radius 2 is 0.547 bits per heavy atom. The van der Waals surface area contributed by atoms with Gasteiger partial charge < -0.3 is 59.1 Å². The lowest BCUT2D eigenvalue weighted by atomic mass is 10.1. The van der Waals surface area contributed by atoms with Crippen molar-refractivity contribution < 1.29 is 33.5 Å². The molecule has 6 aromatic rings. The van der Waals surface area contributed by atoms with Gasteiger partial charge in [-0.1, -0.05) is 133 Å². The molecular weight excluding hydrogens is 1610 g/mol. The standard InChI is InChI=1S/C10H21N3O.C9H19N3O.C9H18N2O2.C9H18N2O.C9H20N2O.6C8H11N.C7H16N2O/c1-10(14)12(3)6-9-13-7-4-11(2)5-8-13;1-9(13)11(2)7-8-12-5-3-10-4-6-12;1-9(12)10(2)3-4-11-5-7-13-8-6-11;1-9(12)10(2)7-8-11-5-3-4-6-11;1-5-11(6-2)8-7-10(4)9(3)12;6*1-7(2)8-4-3-5-9-6-8;1-7(10)9(4)6-5-8(2)3/h4-9H2,1-3H3;10H,3-8H2,1-2H3;3-8H2,1-2H3;3-8H2,1-2H3;5-8H2,1-4H3;6*3-7H,1-2H3;5-6H2,1-4H3. The number of carbonyl (C=O) groups excluding carboxylic acids is 6. The number of likely N-dealkylation sites (N-methyl/N-ethyl adjacent to an activating group) is 9. The van der Waals surface area contributed by atoms with Crippen molar-refractivity contribution in [1.82, 2.24) is 98.9 Å². The first kappa shape index (κ1) is 121. The van der Waals surface area contributed by atoms with Crippen LogP contribution in [-0.2, 0) is 33.5 Å². The van der Waals surface area contributed by atoms with Crippen molar-refractivity contribution >= 4 is 35.4 Å². The van der Waals surface area contributed by atoms with Crippen LogP contribution in [0.5, 0.6) is 0 Å². The molecule has 0 spiro atoms. The fraction of sp³-hybridized carbons (Fsp3) is 0.644. The number of carbonyl (C=O) groups is 6. The van der Waals surface area contributed by atoms with Crippen molar-refractivity contribution in [2.45, 2.75) is 187 Å². The van der Waals surface area contributed by atoms with E-state index >= 15 is 0 Å². The molecule has 1 N–H and O–H groups in total. The Morgan fingerprint density at radius 1 is 0.320 bits per heavy atom. The molecule has 10 heterocycles. The van der Waals surface area contributed by atoms with Gasteiger partial charge in [0.2, 0.25) is 35.4 Å². The smallest absolute Gasteiger partial charge is 0.219 e. The number of nitrogens with zero attached hydrogens (tertiary/aromatic N) is 19. The summed E-state index contributed by atoms with van der Waals surface area (Å²) in [5, 5.41) is 3.30. The molecule has 128 heavy (non-hydrogen) atoms. The van der Waals surface area contributed by atoms with Gasteiger partial charge in [-0.25, -0.2) is 0 Å². The van der Waals surface area contributed by atoms with E-state index in [2.05, 4.69) is 210 Å². The summed E-state index contributed by atoms with van der Waals surface area (Å²) < 4.78 is 5.23. The number of ether oxygens (including phenoxy) is 1. The van der Waals surface area contributed by atoms with Crippen molar-refractivity contribution in [1.29, 1.82) is 0 Å². The molecular formula is C101H178N20O7. The molecule has 0 aliphatic carbocycles. The highest BCUT2D eigenvalue weighted by molar-refractivity contribution is 5.74. The summed E-state index contributed by atoms with van der Waals surface area (Å²) in [5.74, 6) is 4.44. The molecule has 0 aromatic carbocycles. The zero-order valence-corrected chi connectivity index (χ0v) is 85.4. The Bertz CT molecular complexity index is 3230. The summed E-state index contributed by atoms with van der Waals surface area (Å²) in [5.41, 5.74) is 7.82. The summed E-state index contributed by atoms with van der Waals surface area (Å²) in [7, 11) is 17.2. The molecule has 0 atom stereocenters. The number of morpholine rings is 1. The highest BCUT2D eigenvalue weighted by atomic mass is 16.5. The van der Waals surface area contributed by atoms with E-state index in [0.717, 1.165) is 170 Å². The lowest BCUT2D eigenvalue weighted by Gasteiger charge is -2.33. The van der Waals surface area contributed by atoms with E-state index in [9.17, 15) is 28.8 Å². The first-order valence-electron chi connectivity index (χ1n) is 46.6. The minimum absolute atomic E-state index is 0.127. The molecule has 6 amide bonds. The number of amides is 6. The van der Waals surface area contributed by atoms with Crippen molar-refractivity contribution in [2.75, 3.05) is 247 Å². The number of piperazine rings is 2. The maximum atomic E-state index is 11.0. The van der Waals surface area contributed by atoms with E-state index in [1.807, 2.05) is 130 Å². The normalized spacial score (nSPS) is 13.7. The van der Waals surface area contributed by atoms with Gasteiger partial charge in [0.05, 0.1) is 13.2 Å². The van der Waals surface area contributed by atoms with Crippen molar-refractivity contribution in [3.63, 3.8) is 0 Å². The van der Waals surface area contributed by atoms with Crippen LogP contribution in [0.25, 0.3) is 0 Å². The molecule has 27 nitrogen and oxygen atoms in total. The third-order valence-corrected chi connectivity index (χ3v) is 22.0. The fourth-order valence-electron chi connectivity index (χ4n) is 11.4. The fourth-order valence-corrected chi connectivity index (χ4v) is 11.4. The number of hydrogen-bond acceptors (Lipinski definition) is 21. The van der Waals surface area contributed by atoms with Crippen LogP contribution in [-0.4, -0.2) is 376 Å². The molecule has 27 heteroatoms. The monoisotopic (exact) mass is 1780 g/mol. The predicted molar refractivity (Wildman–Crippen MR) is 532 cm³/mol. The summed E-state index contributed by atoms with van der Waals surface area (Å²) in [6, 6.07) is 24.4. The van der Waals surface area contributed by atoms with Crippen LogP contribution in [0.4, 0.5) is 0 Å². The van der Waals surface area contributed by atoms with E-state index in [1.54, 1.807) is 108 Å². The van der Waals surface area contributed by atoms with E-state index in [4.69, 9.17) is 4.74 Å². The summed E-state index contributed by atoms with van der Waals surface area (Å²) in [6.07, 6.45) is 24.9. The van der Waals surface area contributed by atoms with Crippen LogP contribution in [0.2, 0.25) is 0 Å². The average molecular weight is 1780 g/mol. The van der Waals surface area contributed by atoms with Gasteiger partial charge in [0, 0.05) is 302 Å². The van der Waals surface area contributed by atoms with Crippen LogP contribution < -0.4 is 5.32 Å². The Morgan fingerprint density at radius 3 is 0.758 bits per heavy atom. The Kier molecular flexibility index (Phi) is 72.2. The Labute approximate surface area is 777 Å². The number of rotatable bonds is 26. The molecule has 4 fully saturated rings. The van der Waals surface area contributed by atoms with E-state index in [0.29, 0.717) is 35.5 Å². The van der Waals surface area contributed by atoms with Crippen LogP contribution in [0.1, 0.15) is 220 Å². The lowest BCUT2D eigenvalue weighted by Crippen LogP contribution is -2.47. The molecule has 0 unspecified atom stereocenters. The molecule has 724 valence electrons. The van der Waals surface area contributed by atoms with Crippen LogP contribution in [0.3, 0.4) is 0 Å². The Hall–Kier alpha value is -8.64. The number of likely N-dealkylation sites (tertiary alicyclic amines) is 1. The summed E-state index contributed by atoms with van der Waals surface area (Å²) in [6.45, 7) is 67.8. The molecule has 0 bridgehead atoms. The van der Waals surface area contributed by atoms with Gasteiger partial charge in [0.1, 0.15) is 0 Å². The van der Waals surface area contributed by atoms with Gasteiger partial charge in [-0.2, -0.15) is 0 Å². The minimum atomic E-state index is 0.127. The molecule has 6 aromatic heterocycles. The van der Waals surface area contributed by atoms with Gasteiger partial charge in [-0.05, 0) is 165 Å². The topological polar surface area (TPSA) is 243 Å². The second-order valence-electron chi connectivity index (χ2n) is 34.9. The van der Waals surface area contributed by atoms with E-state index in [1.165, 1.54) is 59.3 Å². The lowest BCUT2D eigenvalue weighted by molar-refractivity contribution is -0.128. The SMILES string of the molecule is CC(=O)N(C)CCN(C)C.CC(=O)N(C)CCN1CCCC1.CC(=O)N(C)CCN1CCN(C)CC1.CC(=O)N(C)CCN1CCNCC1.CC(=O)N(C)CCN1CCOCC1.CC(C)c1cccnc1.CC(C)c1cccnc1.CC(C)c1cccnc1.CC(C)c1cccnc1.CC(C)c1cccnc1.CC(C)c1cccnc1.CCN(CC)CCN(C)C(C)=O. The third-order valence-electron chi connectivity index (χ3n) is 22.0. The van der Waals surface area contributed by atoms with Crippen LogP contribution >= 0.6 is 0 Å². The minimum Gasteiger partial charge on any atom is -0.379 e.